The summed E-state index contributed by atoms with van der Waals surface area (Å²) in [5, 5.41) is 9.09. The minimum atomic E-state index is -0.984. The third-order valence-electron chi connectivity index (χ3n) is 6.00. The summed E-state index contributed by atoms with van der Waals surface area (Å²) in [5.41, 5.74) is 2.60. The lowest BCUT2D eigenvalue weighted by Gasteiger charge is -2.25. The number of ketones is 1. The van der Waals surface area contributed by atoms with E-state index in [0.29, 0.717) is 61.7 Å². The Labute approximate surface area is 210 Å². The van der Waals surface area contributed by atoms with E-state index >= 15 is 0 Å². The van der Waals surface area contributed by atoms with Crippen LogP contribution in [0.3, 0.4) is 0 Å². The van der Waals surface area contributed by atoms with Crippen LogP contribution in [0.15, 0.2) is 72.8 Å². The number of carboxylic acids is 1. The summed E-state index contributed by atoms with van der Waals surface area (Å²) in [6.45, 7) is 0.917. The number of hydrogen-bond acceptors (Lipinski definition) is 6. The number of hydrogen-bond donors (Lipinski definition) is 1. The Morgan fingerprint density at radius 2 is 1.67 bits per heavy atom. The van der Waals surface area contributed by atoms with E-state index < -0.39 is 12.1 Å². The lowest BCUT2D eigenvalue weighted by atomic mass is 9.96. The van der Waals surface area contributed by atoms with Crippen LogP contribution in [-0.2, 0) is 22.4 Å². The maximum atomic E-state index is 12.6. The summed E-state index contributed by atoms with van der Waals surface area (Å²) in [6.07, 6.45) is 0.959. The second-order valence-electron chi connectivity index (χ2n) is 8.68. The van der Waals surface area contributed by atoms with Crippen molar-refractivity contribution < 1.29 is 33.6 Å². The summed E-state index contributed by atoms with van der Waals surface area (Å²) in [5.74, 6) is 1.02. The van der Waals surface area contributed by atoms with Crippen molar-refractivity contribution in [3.8, 4) is 17.2 Å². The zero-order valence-corrected chi connectivity index (χ0v) is 20.2. The van der Waals surface area contributed by atoms with Gasteiger partial charge in [0.2, 0.25) is 0 Å². The number of Topliss-reactive ketones (excluding diaryl/α,β-unsaturated/α-hetero) is 1. The number of carboxylic acid groups (broad SMARTS) is 1. The summed E-state index contributed by atoms with van der Waals surface area (Å²) in [6, 6.07) is 22.7. The van der Waals surface area contributed by atoms with Gasteiger partial charge >= 0.3 is 5.97 Å². The number of aliphatic carboxylic acids is 1. The zero-order chi connectivity index (χ0) is 25.3. The summed E-state index contributed by atoms with van der Waals surface area (Å²) in [4.78, 5) is 23.7. The minimum Gasteiger partial charge on any atom is -0.493 e. The highest BCUT2D eigenvalue weighted by atomic mass is 16.5. The highest BCUT2D eigenvalue weighted by Crippen LogP contribution is 2.32. The Morgan fingerprint density at radius 1 is 0.972 bits per heavy atom. The highest BCUT2D eigenvalue weighted by Gasteiger charge is 2.27. The quantitative estimate of drug-likeness (QED) is 0.366. The molecule has 0 spiro atoms. The van der Waals surface area contributed by atoms with E-state index in [1.807, 2.05) is 54.6 Å². The van der Waals surface area contributed by atoms with Gasteiger partial charge in [-0.15, -0.1) is 0 Å². The van der Waals surface area contributed by atoms with Gasteiger partial charge in [0.15, 0.2) is 11.9 Å². The van der Waals surface area contributed by atoms with Gasteiger partial charge in [-0.2, -0.15) is 0 Å². The van der Waals surface area contributed by atoms with Gasteiger partial charge in [0.1, 0.15) is 23.4 Å². The molecule has 0 radical (unpaired) electrons. The summed E-state index contributed by atoms with van der Waals surface area (Å²) < 4.78 is 22.7. The molecule has 188 valence electrons. The van der Waals surface area contributed by atoms with Crippen LogP contribution in [0.2, 0.25) is 0 Å². The average molecular weight is 491 g/mol. The molecule has 1 N–H and O–H groups in total. The molecule has 0 aliphatic carbocycles. The summed E-state index contributed by atoms with van der Waals surface area (Å²) >= 11 is 0. The van der Waals surface area contributed by atoms with Gasteiger partial charge in [0.25, 0.3) is 0 Å². The molecular weight excluding hydrogens is 460 g/mol. The second kappa shape index (κ2) is 12.2. The first-order valence-corrected chi connectivity index (χ1v) is 12.0. The topological polar surface area (TPSA) is 91.3 Å². The number of carbonyl (C=O) groups excluding carboxylic acids is 1. The van der Waals surface area contributed by atoms with Crippen LogP contribution in [0.4, 0.5) is 0 Å². The van der Waals surface area contributed by atoms with Gasteiger partial charge in [-0.25, -0.2) is 4.79 Å². The number of ether oxygens (including phenoxy) is 4. The number of benzene rings is 3. The Bertz CT molecular complexity index is 1160. The van der Waals surface area contributed by atoms with Gasteiger partial charge in [-0.3, -0.25) is 4.79 Å². The predicted octanol–water partition coefficient (Wildman–Crippen LogP) is 4.75. The van der Waals surface area contributed by atoms with Crippen molar-refractivity contribution in [2.75, 3.05) is 20.3 Å². The first-order chi connectivity index (χ1) is 17.5. The molecule has 1 heterocycles. The molecule has 4 rings (SSSR count). The Kier molecular flexibility index (Phi) is 8.57. The first-order valence-electron chi connectivity index (χ1n) is 12.0. The van der Waals surface area contributed by atoms with Gasteiger partial charge in [0.05, 0.1) is 18.8 Å². The number of methoxy groups -OCH3 is 1. The molecule has 0 bridgehead atoms. The van der Waals surface area contributed by atoms with Gasteiger partial charge < -0.3 is 24.1 Å². The zero-order valence-electron chi connectivity index (χ0n) is 20.2. The second-order valence-corrected chi connectivity index (χ2v) is 8.68. The maximum absolute atomic E-state index is 12.6. The van der Waals surface area contributed by atoms with Gasteiger partial charge in [-0.05, 0) is 35.4 Å². The van der Waals surface area contributed by atoms with Crippen molar-refractivity contribution in [2.45, 2.75) is 37.9 Å². The molecular formula is C29H30O7. The van der Waals surface area contributed by atoms with Crippen molar-refractivity contribution in [3.63, 3.8) is 0 Å². The van der Waals surface area contributed by atoms with Crippen LogP contribution in [-0.4, -0.2) is 49.4 Å². The largest absolute Gasteiger partial charge is 0.493 e. The lowest BCUT2D eigenvalue weighted by molar-refractivity contribution is -0.148. The van der Waals surface area contributed by atoms with E-state index in [2.05, 4.69) is 0 Å². The molecule has 0 fully saturated rings. The smallest absolute Gasteiger partial charge is 0.333 e. The molecule has 3 aromatic rings. The normalized spacial score (nSPS) is 15.5. The SMILES string of the molecule is COC(Cc1ccc(OCCCOc2ccc3c(c2)OC(Cc2ccccc2)CC3=O)cc1)C(=O)O. The van der Waals surface area contributed by atoms with Crippen molar-refractivity contribution >= 4 is 11.8 Å². The van der Waals surface area contributed by atoms with Crippen molar-refractivity contribution in [1.82, 2.24) is 0 Å². The Balaban J connectivity index is 1.22. The van der Waals surface area contributed by atoms with Gasteiger partial charge in [0, 0.05) is 38.9 Å². The monoisotopic (exact) mass is 490 g/mol. The van der Waals surface area contributed by atoms with Crippen LogP contribution >= 0.6 is 0 Å². The van der Waals surface area contributed by atoms with E-state index in [1.54, 1.807) is 18.2 Å². The molecule has 2 atom stereocenters. The minimum absolute atomic E-state index is 0.0869. The molecule has 1 aliphatic rings. The molecule has 7 nitrogen and oxygen atoms in total. The molecule has 0 saturated carbocycles. The van der Waals surface area contributed by atoms with Crippen LogP contribution in [0.25, 0.3) is 0 Å². The van der Waals surface area contributed by atoms with Crippen LogP contribution < -0.4 is 14.2 Å². The van der Waals surface area contributed by atoms with Crippen LogP contribution in [0.5, 0.6) is 17.2 Å². The van der Waals surface area contributed by atoms with Crippen LogP contribution in [0.1, 0.15) is 34.3 Å². The van der Waals surface area contributed by atoms with E-state index in [-0.39, 0.29) is 11.9 Å². The molecule has 7 heteroatoms. The Hall–Kier alpha value is -3.84. The summed E-state index contributed by atoms with van der Waals surface area (Å²) in [7, 11) is 1.39. The standard InChI is InChI=1S/C29H30O7/c1-33-28(29(31)32)17-21-8-10-22(11-9-21)34-14-5-15-35-23-12-13-25-26(30)18-24(36-27(25)19-23)16-20-6-3-2-4-7-20/h2-4,6-13,19,24,28H,5,14-18H2,1H3,(H,31,32). The number of carbonyl (C=O) groups is 2. The lowest BCUT2D eigenvalue weighted by Crippen LogP contribution is -2.28. The fraction of sp³-hybridized carbons (Fsp3) is 0.310. The molecule has 0 aromatic heterocycles. The fourth-order valence-electron chi connectivity index (χ4n) is 4.10. The average Bonchev–Trinajstić information content (AvgIpc) is 2.88. The van der Waals surface area contributed by atoms with Crippen molar-refractivity contribution in [1.29, 1.82) is 0 Å². The van der Waals surface area contributed by atoms with Crippen LogP contribution in [0, 0.1) is 0 Å². The van der Waals surface area contributed by atoms with E-state index in [4.69, 9.17) is 24.1 Å². The molecule has 36 heavy (non-hydrogen) atoms. The molecule has 3 aromatic carbocycles. The third kappa shape index (κ3) is 6.86. The van der Waals surface area contributed by atoms with E-state index in [1.165, 1.54) is 7.11 Å². The fourth-order valence-corrected chi connectivity index (χ4v) is 4.10. The van der Waals surface area contributed by atoms with E-state index in [9.17, 15) is 9.59 Å². The molecule has 2 unspecified atom stereocenters. The predicted molar refractivity (Wildman–Crippen MR) is 134 cm³/mol. The third-order valence-corrected chi connectivity index (χ3v) is 6.00. The molecule has 0 amide bonds. The first kappa shape index (κ1) is 25.3. The Morgan fingerprint density at radius 3 is 2.36 bits per heavy atom. The number of rotatable bonds is 12. The van der Waals surface area contributed by atoms with Crippen molar-refractivity contribution in [2.24, 2.45) is 0 Å². The molecule has 0 saturated heterocycles. The highest BCUT2D eigenvalue weighted by molar-refractivity contribution is 6.00. The molecule has 1 aliphatic heterocycles. The maximum Gasteiger partial charge on any atom is 0.333 e. The van der Waals surface area contributed by atoms with Gasteiger partial charge in [-0.1, -0.05) is 42.5 Å². The van der Waals surface area contributed by atoms with E-state index in [0.717, 1.165) is 11.1 Å². The van der Waals surface area contributed by atoms with Crippen molar-refractivity contribution in [3.05, 3.63) is 89.5 Å². The number of fused-ring (bicyclic) bond motifs is 1.